The summed E-state index contributed by atoms with van der Waals surface area (Å²) in [4.78, 5) is 16.1. The zero-order valence-corrected chi connectivity index (χ0v) is 18.4. The molecule has 0 atom stereocenters. The zero-order valence-electron chi connectivity index (χ0n) is 15.2. The van der Waals surface area contributed by atoms with Gasteiger partial charge >= 0.3 is 5.97 Å². The van der Waals surface area contributed by atoms with Crippen LogP contribution in [0.4, 0.5) is 5.69 Å². The molecule has 1 aromatic heterocycles. The van der Waals surface area contributed by atoms with Crippen LogP contribution in [0.3, 0.4) is 0 Å². The van der Waals surface area contributed by atoms with E-state index in [4.69, 9.17) is 33.1 Å². The van der Waals surface area contributed by atoms with Gasteiger partial charge in [0.2, 0.25) is 11.7 Å². The normalized spacial score (nSPS) is 10.4. The van der Waals surface area contributed by atoms with Gasteiger partial charge in [-0.3, -0.25) is 0 Å². The summed E-state index contributed by atoms with van der Waals surface area (Å²) in [6.45, 7) is 2.26. The minimum atomic E-state index is -0.470. The summed E-state index contributed by atoms with van der Waals surface area (Å²) >= 11 is 14.8. The quantitative estimate of drug-likeness (QED) is 0.372. The van der Waals surface area contributed by atoms with E-state index in [1.54, 1.807) is 25.1 Å². The van der Waals surface area contributed by atoms with Crippen LogP contribution in [0, 0.1) is 0 Å². The number of ether oxygens (including phenoxy) is 1. The molecule has 10 heteroatoms. The molecule has 0 amide bonds. The molecular formula is C19H16BrClN4O3S. The van der Waals surface area contributed by atoms with Gasteiger partial charge in [-0.25, -0.2) is 4.79 Å². The van der Waals surface area contributed by atoms with Crippen molar-refractivity contribution in [3.05, 3.63) is 63.4 Å². The molecule has 0 unspecified atom stereocenters. The molecule has 0 radical (unpaired) electrons. The predicted octanol–water partition coefficient (Wildman–Crippen LogP) is 4.82. The molecule has 3 aromatic rings. The molecule has 0 spiro atoms. The smallest absolute Gasteiger partial charge is 0.339 e. The molecule has 0 saturated carbocycles. The molecule has 150 valence electrons. The number of hydrogen-bond acceptors (Lipinski definition) is 6. The monoisotopic (exact) mass is 494 g/mol. The molecule has 7 nitrogen and oxygen atoms in total. The van der Waals surface area contributed by atoms with Crippen LogP contribution in [0.5, 0.6) is 0 Å². The Labute approximate surface area is 185 Å². The van der Waals surface area contributed by atoms with E-state index in [0.717, 1.165) is 10.0 Å². The molecule has 1 heterocycles. The first-order valence-electron chi connectivity index (χ1n) is 8.56. The van der Waals surface area contributed by atoms with E-state index in [2.05, 4.69) is 36.7 Å². The minimum absolute atomic E-state index is 0.251. The van der Waals surface area contributed by atoms with Gasteiger partial charge in [0, 0.05) is 15.7 Å². The molecule has 29 heavy (non-hydrogen) atoms. The van der Waals surface area contributed by atoms with Gasteiger partial charge in [0.25, 0.3) is 0 Å². The van der Waals surface area contributed by atoms with Crippen LogP contribution < -0.4 is 10.6 Å². The third-order valence-electron chi connectivity index (χ3n) is 3.67. The maximum Gasteiger partial charge on any atom is 0.339 e. The Bertz CT molecular complexity index is 1040. The third-order valence-corrected chi connectivity index (χ3v) is 4.73. The Hall–Kier alpha value is -2.49. The van der Waals surface area contributed by atoms with Gasteiger partial charge in [0.05, 0.1) is 23.7 Å². The number of anilines is 1. The molecule has 0 aliphatic heterocycles. The van der Waals surface area contributed by atoms with Gasteiger partial charge in [0.15, 0.2) is 5.11 Å². The summed E-state index contributed by atoms with van der Waals surface area (Å²) in [5.41, 5.74) is 1.76. The van der Waals surface area contributed by atoms with Crippen LogP contribution in [0.15, 0.2) is 51.5 Å². The highest BCUT2D eigenvalue weighted by molar-refractivity contribution is 9.10. The highest BCUT2D eigenvalue weighted by Gasteiger charge is 2.13. The number of carbonyl (C=O) groups is 1. The fraction of sp³-hybridized carbons (Fsp3) is 0.158. The maximum atomic E-state index is 11.8. The second kappa shape index (κ2) is 9.82. The molecule has 3 rings (SSSR count). The summed E-state index contributed by atoms with van der Waals surface area (Å²) in [6, 6.07) is 12.5. The van der Waals surface area contributed by atoms with E-state index >= 15 is 0 Å². The van der Waals surface area contributed by atoms with Crippen LogP contribution in [0.2, 0.25) is 5.02 Å². The third kappa shape index (κ3) is 5.75. The van der Waals surface area contributed by atoms with E-state index in [0.29, 0.717) is 28.1 Å². The topological polar surface area (TPSA) is 89.3 Å². The highest BCUT2D eigenvalue weighted by atomic mass is 79.9. The first kappa shape index (κ1) is 21.2. The van der Waals surface area contributed by atoms with Crippen LogP contribution >= 0.6 is 39.7 Å². The van der Waals surface area contributed by atoms with E-state index in [1.165, 1.54) is 0 Å². The second-order valence-corrected chi connectivity index (χ2v) is 7.48. The van der Waals surface area contributed by atoms with Crippen LogP contribution in [-0.2, 0) is 11.3 Å². The van der Waals surface area contributed by atoms with Crippen molar-refractivity contribution in [3.8, 4) is 11.4 Å². The average Bonchev–Trinajstić information content (AvgIpc) is 3.16. The van der Waals surface area contributed by atoms with Gasteiger partial charge in [-0.2, -0.15) is 4.98 Å². The summed E-state index contributed by atoms with van der Waals surface area (Å²) in [5, 5.41) is 10.5. The number of nitrogens with zero attached hydrogens (tertiary/aromatic N) is 2. The molecular weight excluding hydrogens is 480 g/mol. The Kier molecular flexibility index (Phi) is 7.18. The molecule has 0 aliphatic rings. The van der Waals surface area contributed by atoms with Crippen molar-refractivity contribution in [3.63, 3.8) is 0 Å². The molecule has 0 aliphatic carbocycles. The SMILES string of the molecule is CCOC(=O)c1ccc(NC(=S)NCc2nc(-c3cccc(Br)c3)no2)cc1Cl. The zero-order chi connectivity index (χ0) is 20.8. The van der Waals surface area contributed by atoms with Crippen molar-refractivity contribution in [1.29, 1.82) is 0 Å². The number of carbonyl (C=O) groups excluding carboxylic acids is 1. The number of rotatable bonds is 6. The fourth-order valence-electron chi connectivity index (χ4n) is 2.37. The molecule has 2 aromatic carbocycles. The summed E-state index contributed by atoms with van der Waals surface area (Å²) in [6.07, 6.45) is 0. The largest absolute Gasteiger partial charge is 0.462 e. The predicted molar refractivity (Wildman–Crippen MR) is 118 cm³/mol. The summed E-state index contributed by atoms with van der Waals surface area (Å²) in [5.74, 6) is 0.408. The van der Waals surface area contributed by atoms with Crippen LogP contribution in [0.1, 0.15) is 23.2 Å². The molecule has 0 bridgehead atoms. The lowest BCUT2D eigenvalue weighted by atomic mass is 10.2. The van der Waals surface area contributed by atoms with E-state index in [-0.39, 0.29) is 18.2 Å². The standard InChI is InChI=1S/C19H16BrClN4O3S/c1-2-27-18(26)14-7-6-13(9-15(14)21)23-19(29)22-10-16-24-17(25-28-16)11-4-3-5-12(20)8-11/h3-9H,2,10H2,1H3,(H2,22,23,29). The number of hydrogen-bond donors (Lipinski definition) is 2. The van der Waals surface area contributed by atoms with Crippen molar-refractivity contribution in [2.75, 3.05) is 11.9 Å². The first-order valence-corrected chi connectivity index (χ1v) is 10.1. The molecule has 0 fully saturated rings. The number of halogens is 2. The van der Waals surface area contributed by atoms with Gasteiger partial charge < -0.3 is 19.9 Å². The van der Waals surface area contributed by atoms with Gasteiger partial charge in [-0.1, -0.05) is 44.8 Å². The van der Waals surface area contributed by atoms with Gasteiger partial charge in [-0.05, 0) is 49.5 Å². The molecule has 0 saturated heterocycles. The van der Waals surface area contributed by atoms with Crippen LogP contribution in [-0.4, -0.2) is 27.8 Å². The Morgan fingerprint density at radius 2 is 2.14 bits per heavy atom. The Morgan fingerprint density at radius 1 is 1.31 bits per heavy atom. The maximum absolute atomic E-state index is 11.8. The van der Waals surface area contributed by atoms with Crippen LogP contribution in [0.25, 0.3) is 11.4 Å². The van der Waals surface area contributed by atoms with Gasteiger partial charge in [0.1, 0.15) is 0 Å². The average molecular weight is 496 g/mol. The first-order chi connectivity index (χ1) is 14.0. The van der Waals surface area contributed by atoms with Crippen molar-refractivity contribution >= 4 is 56.5 Å². The van der Waals surface area contributed by atoms with E-state index in [1.807, 2.05) is 24.3 Å². The summed E-state index contributed by atoms with van der Waals surface area (Å²) in [7, 11) is 0. The van der Waals surface area contributed by atoms with Crippen molar-refractivity contribution in [2.45, 2.75) is 13.5 Å². The van der Waals surface area contributed by atoms with E-state index in [9.17, 15) is 4.79 Å². The lowest BCUT2D eigenvalue weighted by Crippen LogP contribution is -2.28. The lowest BCUT2D eigenvalue weighted by molar-refractivity contribution is 0.0526. The Balaban J connectivity index is 1.56. The summed E-state index contributed by atoms with van der Waals surface area (Å²) < 4.78 is 11.1. The van der Waals surface area contributed by atoms with Crippen molar-refractivity contribution in [2.24, 2.45) is 0 Å². The number of aromatic nitrogens is 2. The Morgan fingerprint density at radius 3 is 2.86 bits per heavy atom. The highest BCUT2D eigenvalue weighted by Crippen LogP contribution is 2.22. The van der Waals surface area contributed by atoms with E-state index < -0.39 is 5.97 Å². The van der Waals surface area contributed by atoms with Crippen molar-refractivity contribution in [1.82, 2.24) is 15.5 Å². The van der Waals surface area contributed by atoms with Crippen molar-refractivity contribution < 1.29 is 14.1 Å². The number of nitrogens with one attached hydrogen (secondary N) is 2. The number of thiocarbonyl (C=S) groups is 1. The van der Waals surface area contributed by atoms with Gasteiger partial charge in [-0.15, -0.1) is 0 Å². The lowest BCUT2D eigenvalue weighted by Gasteiger charge is -2.10. The fourth-order valence-corrected chi connectivity index (χ4v) is 3.22. The second-order valence-electron chi connectivity index (χ2n) is 5.74. The number of benzene rings is 2. The number of esters is 1. The minimum Gasteiger partial charge on any atom is -0.462 e. The molecule has 2 N–H and O–H groups in total.